The minimum Gasteiger partial charge on any atom is -0.461 e. The van der Waals surface area contributed by atoms with Crippen LogP contribution < -0.4 is 5.32 Å². The summed E-state index contributed by atoms with van der Waals surface area (Å²) in [6, 6.07) is -0.752. The van der Waals surface area contributed by atoms with Gasteiger partial charge in [-0.1, -0.05) is 200 Å². The normalized spacial score (nSPS) is 14.6. The SMILES string of the molecule is CC/C=C\C/C=C\C/C=C\C/C=C\C/C=C\CC(CC(=O)NC(CO)C(O)CCCCCCCCCCC)OC(=O)CCC/C=C/C=C\C=C/C=C/C=C/CC. The Morgan fingerprint density at radius 2 is 1.05 bits per heavy atom. The lowest BCUT2D eigenvalue weighted by Gasteiger charge is -2.24. The highest BCUT2D eigenvalue weighted by molar-refractivity contribution is 5.77. The predicted molar refractivity (Wildman–Crippen MR) is 240 cm³/mol. The highest BCUT2D eigenvalue weighted by Gasteiger charge is 2.23. The van der Waals surface area contributed by atoms with E-state index in [2.05, 4.69) is 80.8 Å². The van der Waals surface area contributed by atoms with Gasteiger partial charge in [0.2, 0.25) is 5.91 Å². The van der Waals surface area contributed by atoms with Crippen LogP contribution in [0.5, 0.6) is 0 Å². The van der Waals surface area contributed by atoms with Crippen LogP contribution in [0.15, 0.2) is 122 Å². The third-order valence-corrected chi connectivity index (χ3v) is 8.92. The number of nitrogens with one attached hydrogen (secondary N) is 1. The van der Waals surface area contributed by atoms with Crippen LogP contribution in [0.25, 0.3) is 0 Å². The first-order chi connectivity index (χ1) is 27.5. The molecule has 3 unspecified atom stereocenters. The quantitative estimate of drug-likeness (QED) is 0.0255. The summed E-state index contributed by atoms with van der Waals surface area (Å²) >= 11 is 0. The molecule has 0 fully saturated rings. The molecule has 0 heterocycles. The van der Waals surface area contributed by atoms with Gasteiger partial charge in [-0.15, -0.1) is 0 Å². The van der Waals surface area contributed by atoms with Crippen molar-refractivity contribution in [1.82, 2.24) is 5.32 Å². The van der Waals surface area contributed by atoms with E-state index in [0.29, 0.717) is 19.3 Å². The van der Waals surface area contributed by atoms with Gasteiger partial charge in [-0.2, -0.15) is 0 Å². The van der Waals surface area contributed by atoms with E-state index in [-0.39, 0.29) is 31.3 Å². The second-order valence-corrected chi connectivity index (χ2v) is 14.1. The number of hydrogen-bond donors (Lipinski definition) is 3. The van der Waals surface area contributed by atoms with Gasteiger partial charge in [-0.05, 0) is 57.8 Å². The zero-order valence-electron chi connectivity index (χ0n) is 35.5. The maximum absolute atomic E-state index is 13.1. The number of allylic oxidation sites excluding steroid dienone is 19. The van der Waals surface area contributed by atoms with E-state index in [9.17, 15) is 19.8 Å². The fraction of sp³-hybridized carbons (Fsp3) is 0.560. The van der Waals surface area contributed by atoms with Crippen molar-refractivity contribution in [3.05, 3.63) is 122 Å². The number of amides is 1. The average Bonchev–Trinajstić information content (AvgIpc) is 3.19. The topological polar surface area (TPSA) is 95.9 Å². The average molecular weight is 774 g/mol. The summed E-state index contributed by atoms with van der Waals surface area (Å²) in [6.45, 7) is 6.12. The van der Waals surface area contributed by atoms with E-state index < -0.39 is 18.2 Å². The lowest BCUT2D eigenvalue weighted by molar-refractivity contribution is -0.150. The molecule has 56 heavy (non-hydrogen) atoms. The minimum absolute atomic E-state index is 0.0381. The molecule has 0 aromatic heterocycles. The number of ether oxygens (including phenoxy) is 1. The summed E-state index contributed by atoms with van der Waals surface area (Å²) in [6.07, 6.45) is 58.5. The fourth-order valence-corrected chi connectivity index (χ4v) is 5.66. The van der Waals surface area contributed by atoms with Crippen LogP contribution in [0.1, 0.15) is 156 Å². The molecule has 0 spiro atoms. The highest BCUT2D eigenvalue weighted by atomic mass is 16.5. The number of aliphatic hydroxyl groups is 2. The fourth-order valence-electron chi connectivity index (χ4n) is 5.66. The molecular weight excluding hydrogens is 695 g/mol. The van der Waals surface area contributed by atoms with Gasteiger partial charge >= 0.3 is 5.97 Å². The maximum atomic E-state index is 13.1. The number of rotatable bonds is 36. The van der Waals surface area contributed by atoms with Gasteiger partial charge < -0.3 is 20.3 Å². The second kappa shape index (κ2) is 42.4. The van der Waals surface area contributed by atoms with E-state index in [1.165, 1.54) is 38.5 Å². The molecule has 0 aliphatic carbocycles. The molecule has 0 aliphatic rings. The minimum atomic E-state index is -0.829. The zero-order valence-corrected chi connectivity index (χ0v) is 35.5. The number of unbranched alkanes of at least 4 members (excludes halogenated alkanes) is 9. The van der Waals surface area contributed by atoms with Crippen LogP contribution >= 0.6 is 0 Å². The molecule has 6 nitrogen and oxygen atoms in total. The van der Waals surface area contributed by atoms with Crippen LogP contribution in [0.3, 0.4) is 0 Å². The smallest absolute Gasteiger partial charge is 0.306 e. The Hall–Kier alpha value is -3.74. The predicted octanol–water partition coefficient (Wildman–Crippen LogP) is 12.5. The van der Waals surface area contributed by atoms with Crippen LogP contribution in [0.4, 0.5) is 0 Å². The summed E-state index contributed by atoms with van der Waals surface area (Å²) in [4.78, 5) is 25.9. The monoisotopic (exact) mass is 774 g/mol. The number of esters is 1. The van der Waals surface area contributed by atoms with Gasteiger partial charge in [0.25, 0.3) is 0 Å². The van der Waals surface area contributed by atoms with Crippen molar-refractivity contribution in [3.63, 3.8) is 0 Å². The highest BCUT2D eigenvalue weighted by Crippen LogP contribution is 2.14. The Morgan fingerprint density at radius 3 is 1.59 bits per heavy atom. The Kier molecular flexibility index (Phi) is 39.6. The molecule has 0 saturated heterocycles. The van der Waals surface area contributed by atoms with Gasteiger partial charge in [-0.25, -0.2) is 0 Å². The standard InChI is InChI=1S/C50H79NO5/c1-4-7-10-13-16-19-21-23-24-26-27-30-32-35-38-41-46(56-50(55)43-40-37-34-31-28-25-22-20-17-14-11-8-5-2)44-49(54)51-47(45-52)48(53)42-39-36-33-29-18-15-12-9-6-3/h7-8,10-11,14,16-17,19-20,22-25,27-28,30-31,34-35,38,46-48,52-53H,4-6,9,12-13,15,18,21,26,29,32-33,36-37,39-45H2,1-3H3,(H,51,54)/b10-7-,11-8+,17-14+,19-16-,22-20-,24-23-,28-25-,30-27-,34-31+,38-35-. The van der Waals surface area contributed by atoms with Crippen molar-refractivity contribution < 1.29 is 24.5 Å². The van der Waals surface area contributed by atoms with E-state index in [1.807, 2.05) is 66.8 Å². The molecule has 3 atom stereocenters. The second-order valence-electron chi connectivity index (χ2n) is 14.1. The van der Waals surface area contributed by atoms with Crippen LogP contribution in [0.2, 0.25) is 0 Å². The zero-order chi connectivity index (χ0) is 41.0. The molecule has 0 aromatic rings. The molecule has 0 aliphatic heterocycles. The number of carbonyl (C=O) groups excluding carboxylic acids is 2. The van der Waals surface area contributed by atoms with Crippen molar-refractivity contribution in [2.45, 2.75) is 174 Å². The van der Waals surface area contributed by atoms with Crippen LogP contribution in [-0.2, 0) is 14.3 Å². The number of hydrogen-bond acceptors (Lipinski definition) is 5. The third kappa shape index (κ3) is 37.2. The summed E-state index contributed by atoms with van der Waals surface area (Å²) < 4.78 is 5.79. The molecule has 0 aromatic carbocycles. The third-order valence-electron chi connectivity index (χ3n) is 8.92. The largest absolute Gasteiger partial charge is 0.461 e. The van der Waals surface area contributed by atoms with E-state index in [4.69, 9.17) is 4.74 Å². The molecule has 0 radical (unpaired) electrons. The summed E-state index contributed by atoms with van der Waals surface area (Å²) in [5.74, 6) is -0.688. The lowest BCUT2D eigenvalue weighted by atomic mass is 10.0. The van der Waals surface area contributed by atoms with Gasteiger partial charge in [0.15, 0.2) is 0 Å². The molecule has 1 amide bonds. The van der Waals surface area contributed by atoms with Gasteiger partial charge in [0.05, 0.1) is 25.2 Å². The Morgan fingerprint density at radius 1 is 0.571 bits per heavy atom. The first-order valence-electron chi connectivity index (χ1n) is 21.8. The van der Waals surface area contributed by atoms with Crippen molar-refractivity contribution >= 4 is 11.9 Å². The van der Waals surface area contributed by atoms with Crippen molar-refractivity contribution in [2.24, 2.45) is 0 Å². The summed E-state index contributed by atoms with van der Waals surface area (Å²) in [7, 11) is 0. The molecule has 6 heteroatoms. The van der Waals surface area contributed by atoms with Crippen LogP contribution in [-0.4, -0.2) is 46.9 Å². The Bertz CT molecular complexity index is 1230. The molecule has 314 valence electrons. The number of carbonyl (C=O) groups is 2. The molecule has 3 N–H and O–H groups in total. The molecule has 0 saturated carbocycles. The summed E-state index contributed by atoms with van der Waals surface area (Å²) in [5.41, 5.74) is 0. The number of aliphatic hydroxyl groups excluding tert-OH is 2. The lowest BCUT2D eigenvalue weighted by Crippen LogP contribution is -2.46. The van der Waals surface area contributed by atoms with Crippen molar-refractivity contribution in [2.75, 3.05) is 6.61 Å². The van der Waals surface area contributed by atoms with Gasteiger partial charge in [0.1, 0.15) is 6.10 Å². The molecule has 0 rings (SSSR count). The Balaban J connectivity index is 4.95. The summed E-state index contributed by atoms with van der Waals surface area (Å²) in [5, 5.41) is 23.5. The molecular formula is C50H79NO5. The van der Waals surface area contributed by atoms with Crippen molar-refractivity contribution in [1.29, 1.82) is 0 Å². The van der Waals surface area contributed by atoms with Crippen LogP contribution in [0, 0.1) is 0 Å². The first-order valence-corrected chi connectivity index (χ1v) is 21.8. The van der Waals surface area contributed by atoms with E-state index >= 15 is 0 Å². The van der Waals surface area contributed by atoms with Crippen molar-refractivity contribution in [3.8, 4) is 0 Å². The molecule has 0 bridgehead atoms. The van der Waals surface area contributed by atoms with Gasteiger partial charge in [0, 0.05) is 12.8 Å². The Labute approximate surface area is 342 Å². The maximum Gasteiger partial charge on any atom is 0.306 e. The van der Waals surface area contributed by atoms with E-state index in [1.54, 1.807) is 0 Å². The van der Waals surface area contributed by atoms with E-state index in [0.717, 1.165) is 64.2 Å². The van der Waals surface area contributed by atoms with Gasteiger partial charge in [-0.3, -0.25) is 9.59 Å². The first kappa shape index (κ1) is 52.3.